The maximum absolute atomic E-state index is 4.49. The van der Waals surface area contributed by atoms with Crippen LogP contribution >= 0.6 is 17.5 Å². The van der Waals surface area contributed by atoms with E-state index in [1.54, 1.807) is 0 Å². The summed E-state index contributed by atoms with van der Waals surface area (Å²) < 4.78 is 0. The van der Waals surface area contributed by atoms with Crippen LogP contribution in [-0.2, 0) is 18.2 Å². The molecule has 0 aliphatic carbocycles. The molecule has 119 valence electrons. The Balaban J connectivity index is -0.000000445. The van der Waals surface area contributed by atoms with Crippen molar-refractivity contribution < 1.29 is 18.2 Å². The fourth-order valence-corrected chi connectivity index (χ4v) is 5.86. The van der Waals surface area contributed by atoms with Gasteiger partial charge in [0.25, 0.3) is 0 Å². The molecule has 3 radical (unpaired) electrons. The van der Waals surface area contributed by atoms with Crippen LogP contribution in [0.4, 0.5) is 0 Å². The molecule has 0 fully saturated rings. The second-order valence-corrected chi connectivity index (χ2v) is 11.6. The standard InChI is InChI=1S/C13H29P.C3H5.ClH.Pd/c1-11(2,3)10-14(12(4,5)6)13(7,8)9;1-3-2;;/h10H2,1-9H3;3H,1-2H2;1H;/q;;;+2/p-1. The number of hydrogen-bond donors (Lipinski definition) is 0. The molecule has 0 N–H and O–H groups in total. The molecule has 0 atom stereocenters. The van der Waals surface area contributed by atoms with E-state index >= 15 is 0 Å². The van der Waals surface area contributed by atoms with Crippen LogP contribution in [0.25, 0.3) is 0 Å². The van der Waals surface area contributed by atoms with Gasteiger partial charge < -0.3 is 0 Å². The maximum atomic E-state index is 4.49. The van der Waals surface area contributed by atoms with E-state index in [1.807, 2.05) is 0 Å². The van der Waals surface area contributed by atoms with Crippen molar-refractivity contribution in [3.05, 3.63) is 20.3 Å². The van der Waals surface area contributed by atoms with Gasteiger partial charge in [0.1, 0.15) is 0 Å². The van der Waals surface area contributed by atoms with Crippen molar-refractivity contribution in [1.82, 2.24) is 0 Å². The molecule has 0 amide bonds. The molecule has 3 heteroatoms. The van der Waals surface area contributed by atoms with Crippen LogP contribution in [0.15, 0.2) is 0 Å². The third kappa shape index (κ3) is 17.3. The Hall–Kier alpha value is 1.38. The fraction of sp³-hybridized carbons (Fsp3) is 0.812. The molecular formula is C16H34ClPPd+. The molecule has 0 nitrogen and oxygen atoms in total. The number of halogens is 1. The molecule has 0 aromatic carbocycles. The third-order valence-electron chi connectivity index (χ3n) is 2.25. The summed E-state index contributed by atoms with van der Waals surface area (Å²) in [5, 5.41) is 0.946. The van der Waals surface area contributed by atoms with E-state index in [4.69, 9.17) is 0 Å². The molecule has 0 unspecified atom stereocenters. The van der Waals surface area contributed by atoms with Gasteiger partial charge in [-0.1, -0.05) is 70.2 Å². The Morgan fingerprint density at radius 2 is 1.05 bits per heavy atom. The quantitative estimate of drug-likeness (QED) is 0.342. The van der Waals surface area contributed by atoms with Crippen molar-refractivity contribution in [2.45, 2.75) is 72.6 Å². The summed E-state index contributed by atoms with van der Waals surface area (Å²) in [4.78, 5) is 0. The van der Waals surface area contributed by atoms with E-state index in [0.717, 1.165) is 0 Å². The van der Waals surface area contributed by atoms with E-state index in [-0.39, 0.29) is 7.92 Å². The van der Waals surface area contributed by atoms with Gasteiger partial charge in [-0.3, -0.25) is 0 Å². The summed E-state index contributed by atoms with van der Waals surface area (Å²) in [6, 6.07) is 0. The van der Waals surface area contributed by atoms with Crippen LogP contribution in [0, 0.1) is 25.7 Å². The van der Waals surface area contributed by atoms with Gasteiger partial charge in [-0.05, 0) is 42.2 Å². The van der Waals surface area contributed by atoms with E-state index in [9.17, 15) is 0 Å². The summed E-state index contributed by atoms with van der Waals surface area (Å²) in [6.45, 7) is 28.0. The van der Waals surface area contributed by atoms with Gasteiger partial charge in [0, 0.05) is 0 Å². The first-order valence-corrected chi connectivity index (χ1v) is 10.1. The van der Waals surface area contributed by atoms with Gasteiger partial charge in [0.05, 0.1) is 0 Å². The van der Waals surface area contributed by atoms with Gasteiger partial charge in [-0.25, -0.2) is 0 Å². The van der Waals surface area contributed by atoms with Gasteiger partial charge >= 0.3 is 27.7 Å². The Labute approximate surface area is 140 Å². The molecule has 0 saturated carbocycles. The normalized spacial score (nSPS) is 12.4. The second kappa shape index (κ2) is 11.0. The first-order valence-electron chi connectivity index (χ1n) is 6.55. The van der Waals surface area contributed by atoms with E-state index in [2.05, 4.69) is 104 Å². The number of hydrogen-bond acceptors (Lipinski definition) is 0. The van der Waals surface area contributed by atoms with Gasteiger partial charge in [-0.15, -0.1) is 0 Å². The Kier molecular flexibility index (Phi) is 14.7. The topological polar surface area (TPSA) is 0 Å². The molecule has 0 saturated heterocycles. The average molecular weight is 399 g/mol. The van der Waals surface area contributed by atoms with Crippen LogP contribution in [0.5, 0.6) is 0 Å². The summed E-state index contributed by atoms with van der Waals surface area (Å²) in [5.74, 6) is 0. The van der Waals surface area contributed by atoms with E-state index < -0.39 is 0 Å². The zero-order chi connectivity index (χ0) is 16.5. The summed E-state index contributed by atoms with van der Waals surface area (Å²) in [7, 11) is 4.56. The average Bonchev–Trinajstić information content (AvgIpc) is 2.14. The molecule has 0 aromatic rings. The minimum absolute atomic E-state index is 0.0692. The Morgan fingerprint density at radius 1 is 0.842 bits per heavy atom. The summed E-state index contributed by atoms with van der Waals surface area (Å²) >= 11 is 2.22. The van der Waals surface area contributed by atoms with E-state index in [0.29, 0.717) is 15.7 Å². The van der Waals surface area contributed by atoms with Crippen molar-refractivity contribution in [2.24, 2.45) is 5.41 Å². The SMILES string of the molecule is CC(C)(C)CP(C(C)(C)C)C(C)(C)C.[CH2][CH][CH2].[Cl][Pd+]. The van der Waals surface area contributed by atoms with Gasteiger partial charge in [0.15, 0.2) is 0 Å². The Bertz CT molecular complexity index is 182. The predicted molar refractivity (Wildman–Crippen MR) is 91.6 cm³/mol. The third-order valence-corrected chi connectivity index (χ3v) is 6.76. The van der Waals surface area contributed by atoms with Gasteiger partial charge in [-0.2, -0.15) is 0 Å². The molecule has 0 aromatic heterocycles. The molecule has 0 spiro atoms. The molecule has 0 rings (SSSR count). The zero-order valence-electron chi connectivity index (χ0n) is 14.3. The fourth-order valence-electron chi connectivity index (χ4n) is 1.95. The number of rotatable bonds is 1. The molecule has 0 bridgehead atoms. The first kappa shape index (κ1) is 25.3. The van der Waals surface area contributed by atoms with Crippen molar-refractivity contribution in [3.63, 3.8) is 0 Å². The van der Waals surface area contributed by atoms with Crippen molar-refractivity contribution in [3.8, 4) is 0 Å². The first-order chi connectivity index (χ1) is 8.25. The summed E-state index contributed by atoms with van der Waals surface area (Å²) in [6.07, 6.45) is 2.87. The second-order valence-electron chi connectivity index (χ2n) is 7.78. The molecule has 0 aliphatic rings. The zero-order valence-corrected chi connectivity index (χ0v) is 17.5. The summed E-state index contributed by atoms with van der Waals surface area (Å²) in [5.41, 5.74) is 0.465. The van der Waals surface area contributed by atoms with Crippen molar-refractivity contribution in [2.75, 3.05) is 6.16 Å². The predicted octanol–water partition coefficient (Wildman–Crippen LogP) is 6.66. The van der Waals surface area contributed by atoms with Crippen molar-refractivity contribution >= 4 is 17.5 Å². The molecular weight excluding hydrogens is 365 g/mol. The Morgan fingerprint density at radius 3 is 1.11 bits per heavy atom. The molecule has 19 heavy (non-hydrogen) atoms. The van der Waals surface area contributed by atoms with Crippen LogP contribution in [0.1, 0.15) is 62.3 Å². The van der Waals surface area contributed by atoms with Crippen molar-refractivity contribution in [1.29, 1.82) is 0 Å². The van der Waals surface area contributed by atoms with Crippen LogP contribution in [0.2, 0.25) is 0 Å². The molecule has 0 heterocycles. The monoisotopic (exact) mass is 398 g/mol. The minimum atomic E-state index is 0.0692. The van der Waals surface area contributed by atoms with Gasteiger partial charge in [0.2, 0.25) is 0 Å². The van der Waals surface area contributed by atoms with Crippen LogP contribution in [0.3, 0.4) is 0 Å². The van der Waals surface area contributed by atoms with E-state index in [1.165, 1.54) is 12.6 Å². The van der Waals surface area contributed by atoms with Crippen LogP contribution < -0.4 is 0 Å². The van der Waals surface area contributed by atoms with Crippen LogP contribution in [-0.4, -0.2) is 16.5 Å². The molecule has 0 aliphatic heterocycles.